The van der Waals surface area contributed by atoms with Gasteiger partial charge in [0, 0.05) is 24.7 Å². The first-order chi connectivity index (χ1) is 9.70. The van der Waals surface area contributed by atoms with Crippen molar-refractivity contribution < 1.29 is 14.1 Å². The van der Waals surface area contributed by atoms with Crippen molar-refractivity contribution in [1.29, 1.82) is 0 Å². The van der Waals surface area contributed by atoms with Crippen molar-refractivity contribution >= 4 is 11.6 Å². The Hall–Kier alpha value is -2.02. The molecule has 1 rings (SSSR count). The third kappa shape index (κ3) is 4.49. The van der Waals surface area contributed by atoms with E-state index in [1.54, 1.807) is 6.92 Å². The number of nitrogens with zero attached hydrogens (tertiary/aromatic N) is 2. The molecule has 6 nitrogen and oxygen atoms in total. The first-order valence-electron chi connectivity index (χ1n) is 6.64. The third-order valence-corrected chi connectivity index (χ3v) is 3.18. The Labute approximate surface area is 122 Å². The van der Waals surface area contributed by atoms with Crippen LogP contribution in [0.1, 0.15) is 31.1 Å². The van der Waals surface area contributed by atoms with E-state index in [9.17, 15) is 19.3 Å². The van der Waals surface area contributed by atoms with E-state index in [4.69, 9.17) is 5.73 Å². The van der Waals surface area contributed by atoms with E-state index in [1.165, 1.54) is 4.90 Å². The van der Waals surface area contributed by atoms with Crippen LogP contribution in [-0.4, -0.2) is 35.4 Å². The summed E-state index contributed by atoms with van der Waals surface area (Å²) >= 11 is 0. The fourth-order valence-electron chi connectivity index (χ4n) is 1.89. The lowest BCUT2D eigenvalue weighted by Crippen LogP contribution is -2.42. The van der Waals surface area contributed by atoms with E-state index in [0.717, 1.165) is 18.2 Å². The smallest absolute Gasteiger partial charge is 0.273 e. The van der Waals surface area contributed by atoms with Crippen molar-refractivity contribution in [3.05, 3.63) is 39.7 Å². The molecule has 21 heavy (non-hydrogen) atoms. The van der Waals surface area contributed by atoms with Crippen molar-refractivity contribution in [3.8, 4) is 0 Å². The third-order valence-electron chi connectivity index (χ3n) is 3.18. The highest BCUT2D eigenvalue weighted by atomic mass is 19.1. The molecule has 1 amide bonds. The normalized spacial score (nSPS) is 11.3. The first-order valence-corrected chi connectivity index (χ1v) is 6.64. The summed E-state index contributed by atoms with van der Waals surface area (Å²) in [6, 6.07) is 2.88. The lowest BCUT2D eigenvalue weighted by atomic mass is 9.93. The van der Waals surface area contributed by atoms with Crippen LogP contribution >= 0.6 is 0 Å². The number of nitro groups is 1. The number of non-ortho nitro benzene ring substituents is 1. The van der Waals surface area contributed by atoms with Crippen molar-refractivity contribution in [2.45, 2.75) is 20.8 Å². The summed E-state index contributed by atoms with van der Waals surface area (Å²) in [6.07, 6.45) is 0. The van der Waals surface area contributed by atoms with Gasteiger partial charge in [-0.05, 0) is 24.9 Å². The number of nitro benzene ring substituents is 1. The van der Waals surface area contributed by atoms with E-state index in [1.807, 2.05) is 13.8 Å². The minimum Gasteiger partial charge on any atom is -0.338 e. The monoisotopic (exact) mass is 297 g/mol. The maximum atomic E-state index is 13.4. The Morgan fingerprint density at radius 2 is 2.05 bits per heavy atom. The van der Waals surface area contributed by atoms with Crippen LogP contribution in [0.2, 0.25) is 0 Å². The minimum atomic E-state index is -0.804. The predicted molar refractivity (Wildman–Crippen MR) is 77.5 cm³/mol. The maximum Gasteiger partial charge on any atom is 0.273 e. The van der Waals surface area contributed by atoms with Gasteiger partial charge in [0.1, 0.15) is 5.82 Å². The predicted octanol–water partition coefficient (Wildman–Crippen LogP) is 2.18. The zero-order valence-electron chi connectivity index (χ0n) is 12.4. The molecule has 0 atom stereocenters. The molecule has 116 valence electrons. The maximum absolute atomic E-state index is 13.4. The molecule has 0 saturated carbocycles. The molecule has 0 unspecified atom stereocenters. The highest BCUT2D eigenvalue weighted by Gasteiger charge is 2.25. The Bertz CT molecular complexity index is 546. The van der Waals surface area contributed by atoms with Crippen molar-refractivity contribution in [3.63, 3.8) is 0 Å². The molecule has 0 heterocycles. The van der Waals surface area contributed by atoms with Crippen LogP contribution in [0.15, 0.2) is 18.2 Å². The van der Waals surface area contributed by atoms with Crippen molar-refractivity contribution in [2.75, 3.05) is 19.6 Å². The summed E-state index contributed by atoms with van der Waals surface area (Å²) in [5.41, 5.74) is 4.89. The van der Waals surface area contributed by atoms with Gasteiger partial charge in [-0.1, -0.05) is 13.8 Å². The molecule has 1 aromatic carbocycles. The largest absolute Gasteiger partial charge is 0.338 e. The Morgan fingerprint density at radius 3 is 2.52 bits per heavy atom. The van der Waals surface area contributed by atoms with E-state index in [2.05, 4.69) is 0 Å². The van der Waals surface area contributed by atoms with Crippen LogP contribution in [0, 0.1) is 21.3 Å². The molecule has 0 aliphatic heterocycles. The second-order valence-corrected chi connectivity index (χ2v) is 5.64. The van der Waals surface area contributed by atoms with Gasteiger partial charge >= 0.3 is 0 Å². The van der Waals surface area contributed by atoms with Crippen molar-refractivity contribution in [2.24, 2.45) is 11.1 Å². The minimum absolute atomic E-state index is 0.0311. The molecule has 0 saturated heterocycles. The zero-order valence-corrected chi connectivity index (χ0v) is 12.4. The van der Waals surface area contributed by atoms with E-state index < -0.39 is 22.3 Å². The Morgan fingerprint density at radius 1 is 1.43 bits per heavy atom. The first kappa shape index (κ1) is 17.0. The average Bonchev–Trinajstić information content (AvgIpc) is 2.43. The topological polar surface area (TPSA) is 89.5 Å². The highest BCUT2D eigenvalue weighted by molar-refractivity contribution is 5.94. The van der Waals surface area contributed by atoms with Gasteiger partial charge in [-0.15, -0.1) is 0 Å². The molecular formula is C14H20FN3O3. The second kappa shape index (κ2) is 6.62. The van der Waals surface area contributed by atoms with Gasteiger partial charge < -0.3 is 10.6 Å². The van der Waals surface area contributed by atoms with E-state index in [0.29, 0.717) is 19.6 Å². The Kier molecular flexibility index (Phi) is 5.37. The summed E-state index contributed by atoms with van der Waals surface area (Å²) in [5.74, 6) is -1.25. The highest BCUT2D eigenvalue weighted by Crippen LogP contribution is 2.20. The lowest BCUT2D eigenvalue weighted by molar-refractivity contribution is -0.385. The van der Waals surface area contributed by atoms with Crippen LogP contribution in [0.3, 0.4) is 0 Å². The SMILES string of the molecule is CCN(CC(C)(C)CN)C(=O)c1cc(F)cc([N+](=O)[O-])c1. The van der Waals surface area contributed by atoms with Gasteiger partial charge in [0.15, 0.2) is 0 Å². The quantitative estimate of drug-likeness (QED) is 0.643. The number of benzene rings is 1. The van der Waals surface area contributed by atoms with Crippen LogP contribution in [0.5, 0.6) is 0 Å². The fraction of sp³-hybridized carbons (Fsp3) is 0.500. The molecule has 0 spiro atoms. The van der Waals surface area contributed by atoms with Crippen molar-refractivity contribution in [1.82, 2.24) is 4.90 Å². The number of carbonyl (C=O) groups is 1. The van der Waals surface area contributed by atoms with Gasteiger partial charge in [0.2, 0.25) is 0 Å². The molecule has 1 aromatic rings. The van der Waals surface area contributed by atoms with Crippen LogP contribution in [0.25, 0.3) is 0 Å². The summed E-state index contributed by atoms with van der Waals surface area (Å²) in [5, 5.41) is 10.7. The summed E-state index contributed by atoms with van der Waals surface area (Å²) in [6.45, 7) is 6.81. The number of hydrogen-bond acceptors (Lipinski definition) is 4. The number of rotatable bonds is 6. The molecule has 0 aromatic heterocycles. The fourth-order valence-corrected chi connectivity index (χ4v) is 1.89. The number of halogens is 1. The molecule has 0 fully saturated rings. The van der Waals surface area contributed by atoms with Gasteiger partial charge in [0.25, 0.3) is 11.6 Å². The summed E-state index contributed by atoms with van der Waals surface area (Å²) in [7, 11) is 0. The molecule has 0 radical (unpaired) electrons. The molecule has 0 bridgehead atoms. The summed E-state index contributed by atoms with van der Waals surface area (Å²) in [4.78, 5) is 23.9. The van der Waals surface area contributed by atoms with Crippen LogP contribution in [-0.2, 0) is 0 Å². The van der Waals surface area contributed by atoms with E-state index in [-0.39, 0.29) is 11.0 Å². The number of carbonyl (C=O) groups excluding carboxylic acids is 1. The molecule has 0 aliphatic carbocycles. The van der Waals surface area contributed by atoms with Crippen LogP contribution < -0.4 is 5.73 Å². The molecule has 2 N–H and O–H groups in total. The van der Waals surface area contributed by atoms with E-state index >= 15 is 0 Å². The lowest BCUT2D eigenvalue weighted by Gasteiger charge is -2.31. The number of amides is 1. The number of nitrogens with two attached hydrogens (primary N) is 1. The van der Waals surface area contributed by atoms with Crippen LogP contribution in [0.4, 0.5) is 10.1 Å². The molecule has 7 heteroatoms. The van der Waals surface area contributed by atoms with Gasteiger partial charge in [-0.2, -0.15) is 0 Å². The second-order valence-electron chi connectivity index (χ2n) is 5.64. The van der Waals surface area contributed by atoms with Gasteiger partial charge in [-0.3, -0.25) is 14.9 Å². The zero-order chi connectivity index (χ0) is 16.2. The Balaban J connectivity index is 3.08. The summed E-state index contributed by atoms with van der Waals surface area (Å²) < 4.78 is 13.4. The number of hydrogen-bond donors (Lipinski definition) is 1. The standard InChI is InChI=1S/C14H20FN3O3/c1-4-17(9-14(2,3)8-16)13(19)10-5-11(15)7-12(6-10)18(20)21/h5-7H,4,8-9,16H2,1-3H3. The van der Waals surface area contributed by atoms with Gasteiger partial charge in [0.05, 0.1) is 11.0 Å². The molecular weight excluding hydrogens is 277 g/mol. The average molecular weight is 297 g/mol. The molecule has 0 aliphatic rings. The van der Waals surface area contributed by atoms with Gasteiger partial charge in [-0.25, -0.2) is 4.39 Å².